The zero-order valence-corrected chi connectivity index (χ0v) is 15.6. The number of nitrogens with one attached hydrogen (secondary N) is 1. The average Bonchev–Trinajstić information content (AvgIpc) is 2.61. The third-order valence-electron chi connectivity index (χ3n) is 3.49. The quantitative estimate of drug-likeness (QED) is 0.747. The molecule has 26 heavy (non-hydrogen) atoms. The van der Waals surface area contributed by atoms with E-state index in [1.165, 1.54) is 7.11 Å². The first-order valence-corrected chi connectivity index (χ1v) is 8.26. The van der Waals surface area contributed by atoms with Crippen LogP contribution < -0.4 is 14.8 Å². The Labute approximate surface area is 157 Å². The van der Waals surface area contributed by atoms with Crippen molar-refractivity contribution in [2.45, 2.75) is 13.8 Å². The van der Waals surface area contributed by atoms with Crippen molar-refractivity contribution in [2.75, 3.05) is 25.6 Å². The van der Waals surface area contributed by atoms with Crippen molar-refractivity contribution in [2.24, 2.45) is 0 Å². The summed E-state index contributed by atoms with van der Waals surface area (Å²) in [6.45, 7) is 3.12. The second kappa shape index (κ2) is 9.10. The number of methoxy groups -OCH3 is 1. The van der Waals surface area contributed by atoms with Crippen molar-refractivity contribution in [1.82, 2.24) is 0 Å². The predicted molar refractivity (Wildman–Crippen MR) is 99.0 cm³/mol. The Hall–Kier alpha value is -2.73. The van der Waals surface area contributed by atoms with Gasteiger partial charge in [-0.2, -0.15) is 0 Å². The maximum atomic E-state index is 11.9. The van der Waals surface area contributed by atoms with E-state index in [-0.39, 0.29) is 6.61 Å². The number of carbonyl (C=O) groups is 2. The van der Waals surface area contributed by atoms with Crippen LogP contribution in [-0.4, -0.2) is 32.2 Å². The molecule has 0 heterocycles. The number of esters is 1. The van der Waals surface area contributed by atoms with E-state index in [0.29, 0.717) is 22.2 Å². The first-order chi connectivity index (χ1) is 12.4. The van der Waals surface area contributed by atoms with Crippen molar-refractivity contribution >= 4 is 29.2 Å². The van der Waals surface area contributed by atoms with Gasteiger partial charge >= 0.3 is 5.97 Å². The molecule has 6 nitrogen and oxygen atoms in total. The fraction of sp³-hybridized carbons (Fsp3) is 0.263. The predicted octanol–water partition coefficient (Wildman–Crippen LogP) is 3.53. The van der Waals surface area contributed by atoms with Crippen LogP contribution in [0.4, 0.5) is 5.69 Å². The van der Waals surface area contributed by atoms with Gasteiger partial charge in [0.15, 0.2) is 13.2 Å². The van der Waals surface area contributed by atoms with E-state index in [2.05, 4.69) is 5.32 Å². The van der Waals surface area contributed by atoms with Crippen molar-refractivity contribution < 1.29 is 23.8 Å². The van der Waals surface area contributed by atoms with E-state index < -0.39 is 18.5 Å². The van der Waals surface area contributed by atoms with Crippen LogP contribution in [0, 0.1) is 13.8 Å². The largest absolute Gasteiger partial charge is 0.495 e. The van der Waals surface area contributed by atoms with Gasteiger partial charge in [-0.05, 0) is 49.2 Å². The molecule has 2 aromatic carbocycles. The summed E-state index contributed by atoms with van der Waals surface area (Å²) in [5, 5.41) is 2.95. The molecule has 0 atom stereocenters. The van der Waals surface area contributed by atoms with E-state index in [9.17, 15) is 9.59 Å². The summed E-state index contributed by atoms with van der Waals surface area (Å²) in [6, 6.07) is 10.5. The first-order valence-electron chi connectivity index (χ1n) is 7.88. The standard InChI is InChI=1S/C19H20ClNO5/c1-12-4-5-13(2)17(8-12)25-11-19(23)26-10-18(22)21-14-6-7-16(24-3)15(20)9-14/h4-9H,10-11H2,1-3H3,(H,21,22). The molecule has 1 amide bonds. The van der Waals surface area contributed by atoms with Crippen LogP contribution in [0.25, 0.3) is 0 Å². The zero-order chi connectivity index (χ0) is 19.1. The highest BCUT2D eigenvalue weighted by Crippen LogP contribution is 2.27. The molecule has 0 aromatic heterocycles. The van der Waals surface area contributed by atoms with Crippen LogP contribution in [0.3, 0.4) is 0 Å². The number of amides is 1. The summed E-state index contributed by atoms with van der Waals surface area (Å²) in [7, 11) is 1.50. The summed E-state index contributed by atoms with van der Waals surface area (Å²) in [5.41, 5.74) is 2.41. The number of hydrogen-bond acceptors (Lipinski definition) is 5. The Morgan fingerprint density at radius 3 is 2.50 bits per heavy atom. The molecular formula is C19H20ClNO5. The molecule has 0 saturated carbocycles. The Bertz CT molecular complexity index is 807. The minimum Gasteiger partial charge on any atom is -0.495 e. The number of halogens is 1. The summed E-state index contributed by atoms with van der Waals surface area (Å²) >= 11 is 5.99. The van der Waals surface area contributed by atoms with Crippen LogP contribution >= 0.6 is 11.6 Å². The van der Waals surface area contributed by atoms with Crippen LogP contribution in [0.2, 0.25) is 5.02 Å². The van der Waals surface area contributed by atoms with Crippen LogP contribution in [0.15, 0.2) is 36.4 Å². The molecule has 0 unspecified atom stereocenters. The van der Waals surface area contributed by atoms with Gasteiger partial charge in [-0.1, -0.05) is 23.7 Å². The van der Waals surface area contributed by atoms with Crippen LogP contribution in [0.1, 0.15) is 11.1 Å². The number of benzene rings is 2. The molecule has 1 N–H and O–H groups in total. The van der Waals surface area contributed by atoms with E-state index >= 15 is 0 Å². The number of carbonyl (C=O) groups excluding carboxylic acids is 2. The average molecular weight is 378 g/mol. The molecule has 0 radical (unpaired) electrons. The van der Waals surface area contributed by atoms with E-state index in [0.717, 1.165) is 11.1 Å². The number of ether oxygens (including phenoxy) is 3. The maximum Gasteiger partial charge on any atom is 0.344 e. The third kappa shape index (κ3) is 5.67. The van der Waals surface area contributed by atoms with Crippen molar-refractivity contribution in [3.8, 4) is 11.5 Å². The molecule has 2 aromatic rings. The molecule has 0 bridgehead atoms. The molecule has 0 aliphatic carbocycles. The molecule has 0 aliphatic rings. The van der Waals surface area contributed by atoms with Crippen molar-refractivity contribution in [3.63, 3.8) is 0 Å². The summed E-state index contributed by atoms with van der Waals surface area (Å²) < 4.78 is 15.4. The molecule has 138 valence electrons. The van der Waals surface area contributed by atoms with E-state index in [4.69, 9.17) is 25.8 Å². The first kappa shape index (κ1) is 19.6. The van der Waals surface area contributed by atoms with Gasteiger partial charge in [0, 0.05) is 5.69 Å². The number of aryl methyl sites for hydroxylation is 2. The third-order valence-corrected chi connectivity index (χ3v) is 3.78. The fourth-order valence-corrected chi connectivity index (χ4v) is 2.39. The topological polar surface area (TPSA) is 73.9 Å². The molecule has 0 saturated heterocycles. The van der Waals surface area contributed by atoms with Gasteiger partial charge in [0.1, 0.15) is 11.5 Å². The highest BCUT2D eigenvalue weighted by molar-refractivity contribution is 6.32. The summed E-state index contributed by atoms with van der Waals surface area (Å²) in [4.78, 5) is 23.6. The van der Waals surface area contributed by atoms with Crippen molar-refractivity contribution in [1.29, 1.82) is 0 Å². The molecule has 0 fully saturated rings. The lowest BCUT2D eigenvalue weighted by atomic mass is 10.1. The van der Waals surface area contributed by atoms with Gasteiger partial charge in [0.25, 0.3) is 5.91 Å². The van der Waals surface area contributed by atoms with Gasteiger partial charge < -0.3 is 19.5 Å². The van der Waals surface area contributed by atoms with Gasteiger partial charge in [0.2, 0.25) is 0 Å². The lowest BCUT2D eigenvalue weighted by Crippen LogP contribution is -2.23. The number of rotatable bonds is 7. The summed E-state index contributed by atoms with van der Waals surface area (Å²) in [5.74, 6) is -0.000834. The van der Waals surface area contributed by atoms with Crippen LogP contribution in [-0.2, 0) is 14.3 Å². The highest BCUT2D eigenvalue weighted by Gasteiger charge is 2.11. The lowest BCUT2D eigenvalue weighted by molar-refractivity contribution is -0.149. The monoisotopic (exact) mass is 377 g/mol. The smallest absolute Gasteiger partial charge is 0.344 e. The fourth-order valence-electron chi connectivity index (χ4n) is 2.13. The minimum absolute atomic E-state index is 0.272. The number of hydrogen-bond donors (Lipinski definition) is 1. The normalized spacial score (nSPS) is 10.2. The maximum absolute atomic E-state index is 11.9. The van der Waals surface area contributed by atoms with E-state index in [1.807, 2.05) is 32.0 Å². The molecule has 0 spiro atoms. The minimum atomic E-state index is -0.631. The zero-order valence-electron chi connectivity index (χ0n) is 14.8. The molecule has 7 heteroatoms. The SMILES string of the molecule is COc1ccc(NC(=O)COC(=O)COc2cc(C)ccc2C)cc1Cl. The van der Waals surface area contributed by atoms with E-state index in [1.54, 1.807) is 18.2 Å². The Kier molecular flexibility index (Phi) is 6.86. The Morgan fingerprint density at radius 1 is 1.04 bits per heavy atom. The summed E-state index contributed by atoms with van der Waals surface area (Å²) in [6.07, 6.45) is 0. The second-order valence-corrected chi connectivity index (χ2v) is 6.02. The van der Waals surface area contributed by atoms with Gasteiger partial charge in [0.05, 0.1) is 12.1 Å². The number of anilines is 1. The van der Waals surface area contributed by atoms with Gasteiger partial charge in [-0.15, -0.1) is 0 Å². The van der Waals surface area contributed by atoms with Crippen LogP contribution in [0.5, 0.6) is 11.5 Å². The highest BCUT2D eigenvalue weighted by atomic mass is 35.5. The molecular weight excluding hydrogens is 358 g/mol. The second-order valence-electron chi connectivity index (χ2n) is 5.62. The Morgan fingerprint density at radius 2 is 1.81 bits per heavy atom. The van der Waals surface area contributed by atoms with Gasteiger partial charge in [-0.3, -0.25) is 4.79 Å². The van der Waals surface area contributed by atoms with Crippen molar-refractivity contribution in [3.05, 3.63) is 52.5 Å². The molecule has 0 aliphatic heterocycles. The van der Waals surface area contributed by atoms with Gasteiger partial charge in [-0.25, -0.2) is 4.79 Å². The molecule has 2 rings (SSSR count). The lowest BCUT2D eigenvalue weighted by Gasteiger charge is -2.10. The Balaban J connectivity index is 1.78.